The van der Waals surface area contributed by atoms with E-state index in [-0.39, 0.29) is 18.4 Å². The van der Waals surface area contributed by atoms with Gasteiger partial charge in [0.2, 0.25) is 0 Å². The van der Waals surface area contributed by atoms with E-state index in [1.165, 1.54) is 64.2 Å². The summed E-state index contributed by atoms with van der Waals surface area (Å²) in [7, 11) is 0. The SMILES string of the molecule is CCCCCCCCCCCCCC(=O)OCC.Cl. The van der Waals surface area contributed by atoms with Gasteiger partial charge < -0.3 is 4.74 Å². The number of carbonyl (C=O) groups excluding carboxylic acids is 1. The highest BCUT2D eigenvalue weighted by Crippen LogP contribution is 2.11. The molecule has 0 saturated carbocycles. The number of unbranched alkanes of at least 4 members (excludes halogenated alkanes) is 10. The van der Waals surface area contributed by atoms with Crippen molar-refractivity contribution < 1.29 is 9.53 Å². The van der Waals surface area contributed by atoms with Gasteiger partial charge in [-0.2, -0.15) is 0 Å². The van der Waals surface area contributed by atoms with E-state index in [2.05, 4.69) is 6.92 Å². The molecule has 0 atom stereocenters. The van der Waals surface area contributed by atoms with E-state index in [0.29, 0.717) is 13.0 Å². The highest BCUT2D eigenvalue weighted by atomic mass is 35.5. The lowest BCUT2D eigenvalue weighted by Crippen LogP contribution is -2.03. The highest BCUT2D eigenvalue weighted by Gasteiger charge is 2.00. The molecule has 0 aromatic carbocycles. The fourth-order valence-corrected chi connectivity index (χ4v) is 2.17. The van der Waals surface area contributed by atoms with Crippen LogP contribution >= 0.6 is 12.4 Å². The normalized spacial score (nSPS) is 10.0. The van der Waals surface area contributed by atoms with Crippen molar-refractivity contribution in [2.24, 2.45) is 0 Å². The number of ether oxygens (including phenoxy) is 1. The number of halogens is 1. The van der Waals surface area contributed by atoms with Crippen molar-refractivity contribution >= 4 is 18.4 Å². The molecule has 0 heterocycles. The Morgan fingerprint density at radius 3 is 1.58 bits per heavy atom. The lowest BCUT2D eigenvalue weighted by atomic mass is 10.1. The zero-order chi connectivity index (χ0) is 13.5. The molecule has 116 valence electrons. The van der Waals surface area contributed by atoms with Crippen LogP contribution in [0.5, 0.6) is 0 Å². The van der Waals surface area contributed by atoms with Gasteiger partial charge in [0.25, 0.3) is 0 Å². The molecule has 0 spiro atoms. The maximum Gasteiger partial charge on any atom is 0.305 e. The van der Waals surface area contributed by atoms with Gasteiger partial charge in [0, 0.05) is 6.42 Å². The van der Waals surface area contributed by atoms with E-state index < -0.39 is 0 Å². The zero-order valence-corrected chi connectivity index (χ0v) is 13.7. The second-order valence-electron chi connectivity index (χ2n) is 5.09. The summed E-state index contributed by atoms with van der Waals surface area (Å²) in [5.74, 6) is -0.0339. The summed E-state index contributed by atoms with van der Waals surface area (Å²) >= 11 is 0. The molecule has 2 nitrogen and oxygen atoms in total. The lowest BCUT2D eigenvalue weighted by Gasteiger charge is -2.03. The van der Waals surface area contributed by atoms with Gasteiger partial charge in [-0.1, -0.05) is 71.1 Å². The van der Waals surface area contributed by atoms with Gasteiger partial charge in [-0.3, -0.25) is 4.79 Å². The summed E-state index contributed by atoms with van der Waals surface area (Å²) in [4.78, 5) is 11.1. The minimum absolute atomic E-state index is 0. The van der Waals surface area contributed by atoms with Crippen molar-refractivity contribution in [2.75, 3.05) is 6.61 Å². The average Bonchev–Trinajstić information content (AvgIpc) is 2.36. The average molecular weight is 293 g/mol. The Labute approximate surface area is 126 Å². The van der Waals surface area contributed by atoms with Crippen LogP contribution < -0.4 is 0 Å². The predicted octanol–water partition coefficient (Wildman–Crippen LogP) is 5.67. The van der Waals surface area contributed by atoms with Crippen LogP contribution in [0.25, 0.3) is 0 Å². The third-order valence-corrected chi connectivity index (χ3v) is 3.29. The first kappa shape index (κ1) is 21.1. The molecule has 0 N–H and O–H groups in total. The second kappa shape index (κ2) is 17.8. The van der Waals surface area contributed by atoms with E-state index in [4.69, 9.17) is 4.74 Å². The predicted molar refractivity (Wildman–Crippen MR) is 85.0 cm³/mol. The van der Waals surface area contributed by atoms with Gasteiger partial charge in [0.05, 0.1) is 6.61 Å². The van der Waals surface area contributed by atoms with Crippen LogP contribution in [0.2, 0.25) is 0 Å². The van der Waals surface area contributed by atoms with Gasteiger partial charge in [0.1, 0.15) is 0 Å². The summed E-state index contributed by atoms with van der Waals surface area (Å²) in [5, 5.41) is 0. The van der Waals surface area contributed by atoms with Crippen molar-refractivity contribution in [3.8, 4) is 0 Å². The minimum Gasteiger partial charge on any atom is -0.466 e. The Kier molecular flexibility index (Phi) is 19.7. The van der Waals surface area contributed by atoms with Crippen LogP contribution in [-0.2, 0) is 9.53 Å². The smallest absolute Gasteiger partial charge is 0.305 e. The van der Waals surface area contributed by atoms with Crippen LogP contribution in [0.4, 0.5) is 0 Å². The molecule has 0 bridgehead atoms. The van der Waals surface area contributed by atoms with Crippen LogP contribution in [-0.4, -0.2) is 12.6 Å². The molecule has 0 radical (unpaired) electrons. The first-order valence-corrected chi connectivity index (χ1v) is 7.96. The summed E-state index contributed by atoms with van der Waals surface area (Å²) in [6, 6.07) is 0. The Balaban J connectivity index is 0. The van der Waals surface area contributed by atoms with Crippen molar-refractivity contribution in [3.63, 3.8) is 0 Å². The van der Waals surface area contributed by atoms with Crippen LogP contribution in [0.1, 0.15) is 90.9 Å². The quantitative estimate of drug-likeness (QED) is 0.323. The van der Waals surface area contributed by atoms with E-state index in [9.17, 15) is 4.79 Å². The Morgan fingerprint density at radius 1 is 0.737 bits per heavy atom. The Bertz CT molecular complexity index is 184. The van der Waals surface area contributed by atoms with Gasteiger partial charge in [-0.25, -0.2) is 0 Å². The van der Waals surface area contributed by atoms with E-state index >= 15 is 0 Å². The largest absolute Gasteiger partial charge is 0.466 e. The molecule has 0 aromatic rings. The molecule has 0 unspecified atom stereocenters. The number of esters is 1. The molecule has 0 amide bonds. The Morgan fingerprint density at radius 2 is 1.16 bits per heavy atom. The molecule has 0 rings (SSSR count). The molecule has 0 fully saturated rings. The van der Waals surface area contributed by atoms with Crippen molar-refractivity contribution in [2.45, 2.75) is 90.9 Å². The van der Waals surface area contributed by atoms with E-state index in [1.54, 1.807) is 0 Å². The molecule has 3 heteroatoms. The van der Waals surface area contributed by atoms with Gasteiger partial charge in [-0.15, -0.1) is 12.4 Å². The Hall–Kier alpha value is -0.240. The number of carbonyl (C=O) groups is 1. The third kappa shape index (κ3) is 17.8. The maximum absolute atomic E-state index is 11.1. The van der Waals surface area contributed by atoms with Crippen molar-refractivity contribution in [3.05, 3.63) is 0 Å². The lowest BCUT2D eigenvalue weighted by molar-refractivity contribution is -0.143. The van der Waals surface area contributed by atoms with Gasteiger partial charge >= 0.3 is 5.97 Å². The number of hydrogen-bond acceptors (Lipinski definition) is 2. The van der Waals surface area contributed by atoms with Crippen molar-refractivity contribution in [1.29, 1.82) is 0 Å². The van der Waals surface area contributed by atoms with E-state index in [0.717, 1.165) is 6.42 Å². The topological polar surface area (TPSA) is 26.3 Å². The molecule has 19 heavy (non-hydrogen) atoms. The summed E-state index contributed by atoms with van der Waals surface area (Å²) in [6.07, 6.45) is 15.1. The molecular formula is C16H33ClO2. The second-order valence-corrected chi connectivity index (χ2v) is 5.09. The number of hydrogen-bond donors (Lipinski definition) is 0. The molecule has 0 aromatic heterocycles. The van der Waals surface area contributed by atoms with Crippen LogP contribution in [0.3, 0.4) is 0 Å². The fraction of sp³-hybridized carbons (Fsp3) is 0.938. The van der Waals surface area contributed by atoms with Gasteiger partial charge in [-0.05, 0) is 13.3 Å². The molecule has 0 aliphatic rings. The fourth-order valence-electron chi connectivity index (χ4n) is 2.17. The first-order valence-electron chi connectivity index (χ1n) is 7.96. The molecular weight excluding hydrogens is 260 g/mol. The molecule has 0 aliphatic carbocycles. The number of rotatable bonds is 13. The first-order chi connectivity index (χ1) is 8.81. The summed E-state index contributed by atoms with van der Waals surface area (Å²) < 4.78 is 4.89. The highest BCUT2D eigenvalue weighted by molar-refractivity contribution is 5.85. The monoisotopic (exact) mass is 292 g/mol. The van der Waals surface area contributed by atoms with Crippen molar-refractivity contribution in [1.82, 2.24) is 0 Å². The summed E-state index contributed by atoms with van der Waals surface area (Å²) in [5.41, 5.74) is 0. The minimum atomic E-state index is -0.0339. The van der Waals surface area contributed by atoms with Crippen LogP contribution in [0, 0.1) is 0 Å². The molecule has 0 saturated heterocycles. The van der Waals surface area contributed by atoms with E-state index in [1.807, 2.05) is 6.92 Å². The summed E-state index contributed by atoms with van der Waals surface area (Å²) in [6.45, 7) is 4.63. The third-order valence-electron chi connectivity index (χ3n) is 3.29. The molecule has 0 aliphatic heterocycles. The zero-order valence-electron chi connectivity index (χ0n) is 12.9. The maximum atomic E-state index is 11.1. The standard InChI is InChI=1S/C16H32O2.ClH/c1-3-5-6-7-8-9-10-11-12-13-14-15-16(17)18-4-2;/h3-15H2,1-2H3;1H. The van der Waals surface area contributed by atoms with Crippen LogP contribution in [0.15, 0.2) is 0 Å². The van der Waals surface area contributed by atoms with Gasteiger partial charge in [0.15, 0.2) is 0 Å².